The molecule has 3 nitrogen and oxygen atoms in total. The highest BCUT2D eigenvalue weighted by molar-refractivity contribution is 9.13. The highest BCUT2D eigenvalue weighted by Gasteiger charge is 2.15. The molecule has 0 amide bonds. The maximum Gasteiger partial charge on any atom is 0.194 e. The van der Waals surface area contributed by atoms with Gasteiger partial charge in [0, 0.05) is 45.3 Å². The molecule has 0 bridgehead atoms. The van der Waals surface area contributed by atoms with Crippen molar-refractivity contribution in [2.45, 2.75) is 0 Å². The molecule has 5 heteroatoms. The molecule has 0 atom stereocenters. The summed E-state index contributed by atoms with van der Waals surface area (Å²) in [6.07, 6.45) is 0. The Labute approximate surface area is 303 Å². The second kappa shape index (κ2) is 15.0. The Hall–Kier alpha value is -5.72. The Morgan fingerprint density at radius 1 is 0.327 bits per heavy atom. The molecule has 0 fully saturated rings. The van der Waals surface area contributed by atoms with Crippen LogP contribution in [0.4, 0.5) is 34.1 Å². The van der Waals surface area contributed by atoms with E-state index in [1.807, 2.05) is 97.1 Å². The van der Waals surface area contributed by atoms with Crippen LogP contribution in [0.2, 0.25) is 0 Å². The van der Waals surface area contributed by atoms with Gasteiger partial charge in [-0.3, -0.25) is 0 Å². The highest BCUT2D eigenvalue weighted by atomic mass is 79.9. The summed E-state index contributed by atoms with van der Waals surface area (Å²) in [7, 11) is 0. The molecule has 0 spiro atoms. The van der Waals surface area contributed by atoms with Crippen LogP contribution in [0.25, 0.3) is 0 Å². The van der Waals surface area contributed by atoms with Gasteiger partial charge in [0.05, 0.1) is 8.95 Å². The number of hydrogen-bond donors (Lipinski definition) is 0. The Balaban J connectivity index is 1.10. The molecule has 0 aliphatic rings. The summed E-state index contributed by atoms with van der Waals surface area (Å²) in [6, 6.07) is 57.7. The number of halogens is 2. The van der Waals surface area contributed by atoms with Gasteiger partial charge in [-0.25, -0.2) is 0 Å². The van der Waals surface area contributed by atoms with Crippen LogP contribution in [0, 0.1) is 23.7 Å². The van der Waals surface area contributed by atoms with E-state index in [0.29, 0.717) is 11.5 Å². The summed E-state index contributed by atoms with van der Waals surface area (Å²) >= 11 is 7.26. The van der Waals surface area contributed by atoms with Gasteiger partial charge in [0.25, 0.3) is 0 Å². The number of hydrogen-bond acceptors (Lipinski definition) is 3. The first-order valence-corrected chi connectivity index (χ1v) is 17.2. The molecular formula is C44H28Br2N2O. The van der Waals surface area contributed by atoms with Gasteiger partial charge in [0.2, 0.25) is 0 Å². The molecule has 1 heterocycles. The van der Waals surface area contributed by atoms with Crippen molar-refractivity contribution in [2.24, 2.45) is 0 Å². The summed E-state index contributed by atoms with van der Waals surface area (Å²) in [6.45, 7) is 0. The van der Waals surface area contributed by atoms with Crippen molar-refractivity contribution in [3.05, 3.63) is 201 Å². The zero-order valence-corrected chi connectivity index (χ0v) is 29.4. The Morgan fingerprint density at radius 3 is 0.878 bits per heavy atom. The lowest BCUT2D eigenvalue weighted by Gasteiger charge is -2.25. The minimum atomic E-state index is 0.507. The monoisotopic (exact) mass is 758 g/mol. The highest BCUT2D eigenvalue weighted by Crippen LogP contribution is 2.36. The van der Waals surface area contributed by atoms with E-state index in [9.17, 15) is 0 Å². The molecule has 0 saturated heterocycles. The van der Waals surface area contributed by atoms with Gasteiger partial charge in [-0.2, -0.15) is 0 Å². The van der Waals surface area contributed by atoms with Crippen molar-refractivity contribution in [3.8, 4) is 23.7 Å². The number of para-hydroxylation sites is 4. The fraction of sp³-hybridized carbons (Fsp3) is 0. The maximum atomic E-state index is 6.09. The molecule has 0 saturated carbocycles. The van der Waals surface area contributed by atoms with Crippen LogP contribution in [0.1, 0.15) is 22.6 Å². The molecule has 7 aromatic rings. The second-order valence-corrected chi connectivity index (χ2v) is 12.6. The van der Waals surface area contributed by atoms with Crippen molar-refractivity contribution in [3.63, 3.8) is 0 Å². The van der Waals surface area contributed by atoms with Crippen LogP contribution in [-0.2, 0) is 0 Å². The molecule has 49 heavy (non-hydrogen) atoms. The van der Waals surface area contributed by atoms with Gasteiger partial charge in [-0.15, -0.1) is 0 Å². The minimum absolute atomic E-state index is 0.507. The van der Waals surface area contributed by atoms with E-state index in [-0.39, 0.29) is 0 Å². The smallest absolute Gasteiger partial charge is 0.194 e. The first-order valence-electron chi connectivity index (χ1n) is 15.7. The molecule has 1 aromatic heterocycles. The second-order valence-electron chi connectivity index (χ2n) is 11.0. The number of furan rings is 1. The zero-order valence-electron chi connectivity index (χ0n) is 26.2. The van der Waals surface area contributed by atoms with Crippen LogP contribution in [0.15, 0.2) is 183 Å². The summed E-state index contributed by atoms with van der Waals surface area (Å²) < 4.78 is 7.55. The molecule has 0 radical (unpaired) electrons. The van der Waals surface area contributed by atoms with Gasteiger partial charge < -0.3 is 14.2 Å². The normalized spacial score (nSPS) is 10.3. The SMILES string of the molecule is Brc1c(C#Cc2ccc(N(c3ccccc3)c3ccccc3)cc2)oc(C#Cc2ccc(N(c3ccccc3)c3ccccc3)cc2)c1Br. The summed E-state index contributed by atoms with van der Waals surface area (Å²) in [5.74, 6) is 13.8. The molecule has 7 rings (SSSR count). The largest absolute Gasteiger partial charge is 0.437 e. The standard InChI is InChI=1S/C44H28Br2N2O/c45-43-41(31-25-33-21-27-39(28-22-33)47(35-13-5-1-6-14-35)36-15-7-2-8-16-36)49-42(44(43)46)32-26-34-23-29-40(30-24-34)48(37-17-9-3-10-18-37)38-19-11-4-12-20-38/h1-24,27-30H. The lowest BCUT2D eigenvalue weighted by molar-refractivity contribution is 0.539. The predicted octanol–water partition coefficient (Wildman–Crippen LogP) is 12.5. The van der Waals surface area contributed by atoms with Gasteiger partial charge in [-0.05, 0) is 141 Å². The third-order valence-corrected chi connectivity index (χ3v) is 9.79. The van der Waals surface area contributed by atoms with E-state index >= 15 is 0 Å². The van der Waals surface area contributed by atoms with Gasteiger partial charge in [0.15, 0.2) is 11.5 Å². The topological polar surface area (TPSA) is 19.6 Å². The van der Waals surface area contributed by atoms with Crippen LogP contribution >= 0.6 is 31.9 Å². The average Bonchev–Trinajstić information content (AvgIpc) is 3.44. The van der Waals surface area contributed by atoms with Crippen molar-refractivity contribution >= 4 is 66.0 Å². The number of anilines is 6. The first-order chi connectivity index (χ1) is 24.1. The number of benzene rings is 6. The third kappa shape index (κ3) is 7.40. The first kappa shape index (κ1) is 31.9. The number of nitrogens with zero attached hydrogens (tertiary/aromatic N) is 2. The fourth-order valence-corrected chi connectivity index (χ4v) is 6.12. The summed E-state index contributed by atoms with van der Waals surface area (Å²) in [4.78, 5) is 4.44. The van der Waals surface area contributed by atoms with Crippen LogP contribution in [0.5, 0.6) is 0 Å². The lowest BCUT2D eigenvalue weighted by atomic mass is 10.1. The van der Waals surface area contributed by atoms with E-state index in [1.54, 1.807) is 0 Å². The van der Waals surface area contributed by atoms with Crippen LogP contribution < -0.4 is 9.80 Å². The lowest BCUT2D eigenvalue weighted by Crippen LogP contribution is -2.09. The molecule has 0 unspecified atom stereocenters. The van der Waals surface area contributed by atoms with Gasteiger partial charge >= 0.3 is 0 Å². The van der Waals surface area contributed by atoms with Crippen molar-refractivity contribution in [1.29, 1.82) is 0 Å². The van der Waals surface area contributed by atoms with Gasteiger partial charge in [0.1, 0.15) is 0 Å². The van der Waals surface area contributed by atoms with Crippen LogP contribution in [0.3, 0.4) is 0 Å². The van der Waals surface area contributed by atoms with E-state index < -0.39 is 0 Å². The summed E-state index contributed by atoms with van der Waals surface area (Å²) in [5, 5.41) is 0. The third-order valence-electron chi connectivity index (χ3n) is 7.74. The number of rotatable bonds is 6. The maximum absolute atomic E-state index is 6.09. The molecule has 6 aromatic carbocycles. The molecule has 234 valence electrons. The van der Waals surface area contributed by atoms with Crippen molar-refractivity contribution in [1.82, 2.24) is 0 Å². The molecule has 0 aliphatic carbocycles. The van der Waals surface area contributed by atoms with Gasteiger partial charge in [-0.1, -0.05) is 84.6 Å². The molecular weight excluding hydrogens is 732 g/mol. The average molecular weight is 761 g/mol. The van der Waals surface area contributed by atoms with Crippen molar-refractivity contribution in [2.75, 3.05) is 9.80 Å². The predicted molar refractivity (Wildman–Crippen MR) is 208 cm³/mol. The van der Waals surface area contributed by atoms with E-state index in [0.717, 1.165) is 54.2 Å². The fourth-order valence-electron chi connectivity index (χ4n) is 5.40. The Kier molecular flexibility index (Phi) is 9.76. The summed E-state index contributed by atoms with van der Waals surface area (Å²) in [5.41, 5.74) is 8.18. The minimum Gasteiger partial charge on any atom is -0.437 e. The van der Waals surface area contributed by atoms with Crippen LogP contribution in [-0.4, -0.2) is 0 Å². The zero-order chi connectivity index (χ0) is 33.4. The van der Waals surface area contributed by atoms with E-state index in [1.165, 1.54) is 0 Å². The Morgan fingerprint density at radius 2 is 0.592 bits per heavy atom. The Bertz CT molecular complexity index is 2040. The van der Waals surface area contributed by atoms with Crippen molar-refractivity contribution < 1.29 is 4.42 Å². The molecule has 0 aliphatic heterocycles. The molecule has 0 N–H and O–H groups in total. The van der Waals surface area contributed by atoms with E-state index in [4.69, 9.17) is 4.42 Å². The van der Waals surface area contributed by atoms with E-state index in [2.05, 4.69) is 138 Å². The quantitative estimate of drug-likeness (QED) is 0.157.